The van der Waals surface area contributed by atoms with Gasteiger partial charge in [-0.25, -0.2) is 4.68 Å². The van der Waals surface area contributed by atoms with Crippen LogP contribution in [-0.4, -0.2) is 48.5 Å². The van der Waals surface area contributed by atoms with Crippen molar-refractivity contribution in [2.24, 2.45) is 0 Å². The number of ether oxygens (including phenoxy) is 3. The number of aromatic nitrogens is 2. The zero-order valence-electron chi connectivity index (χ0n) is 16.7. The Bertz CT molecular complexity index is 1030. The minimum Gasteiger partial charge on any atom is -0.493 e. The second-order valence-electron chi connectivity index (χ2n) is 6.78. The number of hydrogen-bond donors (Lipinski definition) is 0. The Morgan fingerprint density at radius 2 is 1.59 bits per heavy atom. The Morgan fingerprint density at radius 3 is 2.24 bits per heavy atom. The monoisotopic (exact) mass is 393 g/mol. The molecular formula is C22H23N3O4. The van der Waals surface area contributed by atoms with Crippen LogP contribution in [0.1, 0.15) is 21.6 Å². The third kappa shape index (κ3) is 3.51. The predicted octanol–water partition coefficient (Wildman–Crippen LogP) is 3.10. The number of hydrogen-bond acceptors (Lipinski definition) is 5. The van der Waals surface area contributed by atoms with E-state index in [-0.39, 0.29) is 5.91 Å². The van der Waals surface area contributed by atoms with Crippen LogP contribution in [0, 0.1) is 0 Å². The van der Waals surface area contributed by atoms with Gasteiger partial charge in [0.25, 0.3) is 5.91 Å². The number of amides is 1. The van der Waals surface area contributed by atoms with Gasteiger partial charge in [0.1, 0.15) is 0 Å². The van der Waals surface area contributed by atoms with Gasteiger partial charge in [-0.3, -0.25) is 4.79 Å². The van der Waals surface area contributed by atoms with Crippen LogP contribution in [0.25, 0.3) is 5.69 Å². The molecule has 0 unspecified atom stereocenters. The predicted molar refractivity (Wildman–Crippen MR) is 108 cm³/mol. The fraction of sp³-hybridized carbons (Fsp3) is 0.273. The average Bonchev–Trinajstić information content (AvgIpc) is 3.22. The first-order chi connectivity index (χ1) is 14.1. The fourth-order valence-corrected chi connectivity index (χ4v) is 3.57. The van der Waals surface area contributed by atoms with Gasteiger partial charge in [0.05, 0.1) is 33.2 Å². The van der Waals surface area contributed by atoms with Gasteiger partial charge in [-0.1, -0.05) is 18.2 Å². The lowest BCUT2D eigenvalue weighted by Gasteiger charge is -2.29. The van der Waals surface area contributed by atoms with E-state index < -0.39 is 0 Å². The number of benzene rings is 2. The molecule has 0 radical (unpaired) electrons. The van der Waals surface area contributed by atoms with E-state index in [4.69, 9.17) is 14.2 Å². The molecule has 3 aromatic rings. The molecule has 0 spiro atoms. The van der Waals surface area contributed by atoms with Crippen molar-refractivity contribution in [3.05, 3.63) is 65.5 Å². The normalized spacial score (nSPS) is 13.0. The van der Waals surface area contributed by atoms with Crippen molar-refractivity contribution in [2.75, 3.05) is 27.9 Å². The largest absolute Gasteiger partial charge is 0.493 e. The third-order valence-electron chi connectivity index (χ3n) is 5.13. The van der Waals surface area contributed by atoms with Crippen LogP contribution in [-0.2, 0) is 13.0 Å². The highest BCUT2D eigenvalue weighted by atomic mass is 16.5. The van der Waals surface area contributed by atoms with Crippen LogP contribution >= 0.6 is 0 Å². The first kappa shape index (κ1) is 18.9. The second kappa shape index (κ2) is 7.87. The summed E-state index contributed by atoms with van der Waals surface area (Å²) in [4.78, 5) is 15.0. The second-order valence-corrected chi connectivity index (χ2v) is 6.78. The van der Waals surface area contributed by atoms with Gasteiger partial charge < -0.3 is 19.1 Å². The zero-order valence-corrected chi connectivity index (χ0v) is 16.7. The molecule has 7 heteroatoms. The highest BCUT2D eigenvalue weighted by molar-refractivity contribution is 5.95. The molecule has 0 bridgehead atoms. The topological polar surface area (TPSA) is 65.8 Å². The van der Waals surface area contributed by atoms with Gasteiger partial charge in [-0.05, 0) is 41.8 Å². The van der Waals surface area contributed by atoms with E-state index in [1.54, 1.807) is 37.1 Å². The Kier molecular flexibility index (Phi) is 5.12. The van der Waals surface area contributed by atoms with E-state index in [1.807, 2.05) is 42.5 Å². The summed E-state index contributed by atoms with van der Waals surface area (Å²) in [6, 6.07) is 13.6. The lowest BCUT2D eigenvalue weighted by molar-refractivity contribution is 0.0724. The highest BCUT2D eigenvalue weighted by Crippen LogP contribution is 2.34. The molecule has 2 heterocycles. The average molecular weight is 393 g/mol. The summed E-state index contributed by atoms with van der Waals surface area (Å²) in [6.45, 7) is 1.08. The third-order valence-corrected chi connectivity index (χ3v) is 5.13. The number of carbonyl (C=O) groups excluding carboxylic acids is 1. The molecule has 1 amide bonds. The van der Waals surface area contributed by atoms with Crippen molar-refractivity contribution >= 4 is 5.91 Å². The van der Waals surface area contributed by atoms with Crippen LogP contribution in [0.15, 0.2) is 48.7 Å². The molecule has 150 valence electrons. The number of nitrogens with zero attached hydrogens (tertiary/aromatic N) is 3. The summed E-state index contributed by atoms with van der Waals surface area (Å²) >= 11 is 0. The lowest BCUT2D eigenvalue weighted by atomic mass is 9.98. The van der Waals surface area contributed by atoms with Gasteiger partial charge in [-0.15, -0.1) is 0 Å². The van der Waals surface area contributed by atoms with Crippen LogP contribution in [0.3, 0.4) is 0 Å². The van der Waals surface area contributed by atoms with E-state index in [0.29, 0.717) is 36.0 Å². The Labute approximate surface area is 169 Å². The van der Waals surface area contributed by atoms with Crippen molar-refractivity contribution in [2.45, 2.75) is 13.0 Å². The van der Waals surface area contributed by atoms with Crippen molar-refractivity contribution < 1.29 is 19.0 Å². The Morgan fingerprint density at radius 1 is 0.931 bits per heavy atom. The standard InChI is InChI=1S/C22H23N3O4/c1-27-18-11-15-9-10-24(13-16(15)12-19(18)28-2)22(26)21-20(29-3)14-25(23-21)17-7-5-4-6-8-17/h4-8,11-12,14H,9-10,13H2,1-3H3. The van der Waals surface area contributed by atoms with E-state index in [2.05, 4.69) is 5.10 Å². The summed E-state index contributed by atoms with van der Waals surface area (Å²) in [7, 11) is 4.78. The summed E-state index contributed by atoms with van der Waals surface area (Å²) in [6.07, 6.45) is 2.47. The molecule has 0 atom stereocenters. The smallest absolute Gasteiger partial charge is 0.278 e. The molecule has 0 saturated carbocycles. The van der Waals surface area contributed by atoms with Crippen LogP contribution in [0.4, 0.5) is 0 Å². The zero-order chi connectivity index (χ0) is 20.4. The number of fused-ring (bicyclic) bond motifs is 1. The van der Waals surface area contributed by atoms with Crippen LogP contribution in [0.2, 0.25) is 0 Å². The van der Waals surface area contributed by atoms with Crippen molar-refractivity contribution in [3.63, 3.8) is 0 Å². The van der Waals surface area contributed by atoms with E-state index >= 15 is 0 Å². The molecule has 4 rings (SSSR count). The summed E-state index contributed by atoms with van der Waals surface area (Å²) < 4.78 is 17.9. The highest BCUT2D eigenvalue weighted by Gasteiger charge is 2.28. The summed E-state index contributed by atoms with van der Waals surface area (Å²) in [5.74, 6) is 1.66. The number of rotatable bonds is 5. The van der Waals surface area contributed by atoms with Gasteiger partial charge >= 0.3 is 0 Å². The molecule has 2 aromatic carbocycles. The molecule has 7 nitrogen and oxygen atoms in total. The molecule has 1 aromatic heterocycles. The maximum absolute atomic E-state index is 13.2. The SMILES string of the molecule is COc1cc2c(cc1OC)CN(C(=O)c1nn(-c3ccccc3)cc1OC)CC2. The number of carbonyl (C=O) groups is 1. The van der Waals surface area contributed by atoms with E-state index in [9.17, 15) is 4.79 Å². The number of para-hydroxylation sites is 1. The molecule has 1 aliphatic heterocycles. The first-order valence-electron chi connectivity index (χ1n) is 9.36. The first-order valence-corrected chi connectivity index (χ1v) is 9.36. The maximum Gasteiger partial charge on any atom is 0.278 e. The minimum atomic E-state index is -0.156. The van der Waals surface area contributed by atoms with Crippen LogP contribution in [0.5, 0.6) is 17.2 Å². The van der Waals surface area contributed by atoms with E-state index in [0.717, 1.165) is 23.2 Å². The maximum atomic E-state index is 13.2. The van der Waals surface area contributed by atoms with E-state index in [1.165, 1.54) is 0 Å². The molecule has 0 fully saturated rings. The fourth-order valence-electron chi connectivity index (χ4n) is 3.57. The lowest BCUT2D eigenvalue weighted by Crippen LogP contribution is -2.36. The van der Waals surface area contributed by atoms with Crippen molar-refractivity contribution in [1.82, 2.24) is 14.7 Å². The van der Waals surface area contributed by atoms with Gasteiger partial charge in [0, 0.05) is 13.1 Å². The minimum absolute atomic E-state index is 0.156. The Balaban J connectivity index is 1.62. The van der Waals surface area contributed by atoms with Gasteiger partial charge in [-0.2, -0.15) is 5.10 Å². The molecule has 0 aliphatic carbocycles. The van der Waals surface area contributed by atoms with Crippen molar-refractivity contribution in [1.29, 1.82) is 0 Å². The molecular weight excluding hydrogens is 370 g/mol. The quantitative estimate of drug-likeness (QED) is 0.666. The molecule has 0 N–H and O–H groups in total. The number of methoxy groups -OCH3 is 3. The molecule has 1 aliphatic rings. The summed E-state index contributed by atoms with van der Waals surface area (Å²) in [5.41, 5.74) is 3.38. The summed E-state index contributed by atoms with van der Waals surface area (Å²) in [5, 5.41) is 4.50. The van der Waals surface area contributed by atoms with Gasteiger partial charge in [0.15, 0.2) is 22.9 Å². The molecule has 0 saturated heterocycles. The molecule has 29 heavy (non-hydrogen) atoms. The van der Waals surface area contributed by atoms with Crippen molar-refractivity contribution in [3.8, 4) is 22.9 Å². The van der Waals surface area contributed by atoms with Crippen LogP contribution < -0.4 is 14.2 Å². The Hall–Kier alpha value is -3.48. The van der Waals surface area contributed by atoms with Gasteiger partial charge in [0.2, 0.25) is 0 Å².